The summed E-state index contributed by atoms with van der Waals surface area (Å²) < 4.78 is 11.2. The van der Waals surface area contributed by atoms with E-state index >= 15 is 0 Å². The summed E-state index contributed by atoms with van der Waals surface area (Å²) >= 11 is 0. The lowest BCUT2D eigenvalue weighted by molar-refractivity contribution is 0.0953. The van der Waals surface area contributed by atoms with Crippen molar-refractivity contribution in [1.29, 1.82) is 0 Å². The van der Waals surface area contributed by atoms with E-state index in [-0.39, 0.29) is 12.0 Å². The SMILES string of the molecule is CCCOc1ccc(C(=O)NCCCc2ccc(OC(C)C)cc2)cc1. The van der Waals surface area contributed by atoms with E-state index in [0.717, 1.165) is 30.8 Å². The minimum atomic E-state index is -0.0484. The molecule has 0 aliphatic rings. The van der Waals surface area contributed by atoms with Gasteiger partial charge in [-0.1, -0.05) is 19.1 Å². The number of amides is 1. The Balaban J connectivity index is 1.71. The summed E-state index contributed by atoms with van der Waals surface area (Å²) in [5.41, 5.74) is 1.90. The van der Waals surface area contributed by atoms with Gasteiger partial charge < -0.3 is 14.8 Å². The number of carbonyl (C=O) groups excluding carboxylic acids is 1. The van der Waals surface area contributed by atoms with E-state index in [1.807, 2.05) is 38.1 Å². The molecule has 0 heterocycles. The number of benzene rings is 2. The Labute approximate surface area is 156 Å². The highest BCUT2D eigenvalue weighted by Gasteiger charge is 2.05. The van der Waals surface area contributed by atoms with E-state index < -0.39 is 0 Å². The van der Waals surface area contributed by atoms with Gasteiger partial charge in [-0.15, -0.1) is 0 Å². The maximum Gasteiger partial charge on any atom is 0.251 e. The van der Waals surface area contributed by atoms with Gasteiger partial charge in [-0.2, -0.15) is 0 Å². The molecule has 0 saturated carbocycles. The van der Waals surface area contributed by atoms with Crippen molar-refractivity contribution in [3.8, 4) is 11.5 Å². The van der Waals surface area contributed by atoms with Crippen LogP contribution in [0, 0.1) is 0 Å². The molecular weight excluding hydrogens is 326 g/mol. The molecule has 4 nitrogen and oxygen atoms in total. The van der Waals surface area contributed by atoms with Crippen molar-refractivity contribution in [2.45, 2.75) is 46.1 Å². The first kappa shape index (κ1) is 19.8. The summed E-state index contributed by atoms with van der Waals surface area (Å²) in [5, 5.41) is 2.96. The third-order valence-electron chi connectivity index (χ3n) is 3.81. The fourth-order valence-electron chi connectivity index (χ4n) is 2.53. The first-order valence-corrected chi connectivity index (χ1v) is 9.35. The number of hydrogen-bond acceptors (Lipinski definition) is 3. The van der Waals surface area contributed by atoms with Crippen molar-refractivity contribution in [2.75, 3.05) is 13.2 Å². The highest BCUT2D eigenvalue weighted by molar-refractivity contribution is 5.94. The maximum atomic E-state index is 12.2. The lowest BCUT2D eigenvalue weighted by atomic mass is 10.1. The Morgan fingerprint density at radius 3 is 2.27 bits per heavy atom. The third-order valence-corrected chi connectivity index (χ3v) is 3.81. The van der Waals surface area contributed by atoms with Crippen LogP contribution in [0.25, 0.3) is 0 Å². The molecule has 4 heteroatoms. The summed E-state index contributed by atoms with van der Waals surface area (Å²) in [4.78, 5) is 12.2. The van der Waals surface area contributed by atoms with Crippen LogP contribution in [-0.4, -0.2) is 25.2 Å². The van der Waals surface area contributed by atoms with E-state index in [1.54, 1.807) is 12.1 Å². The quantitative estimate of drug-likeness (QED) is 0.632. The molecule has 0 spiro atoms. The minimum absolute atomic E-state index is 0.0484. The molecule has 140 valence electrons. The van der Waals surface area contributed by atoms with Crippen molar-refractivity contribution >= 4 is 5.91 Å². The summed E-state index contributed by atoms with van der Waals surface area (Å²) in [5.74, 6) is 1.64. The van der Waals surface area contributed by atoms with Gasteiger partial charge in [0.2, 0.25) is 0 Å². The number of aryl methyl sites for hydroxylation is 1. The number of carbonyl (C=O) groups is 1. The average molecular weight is 355 g/mol. The molecule has 26 heavy (non-hydrogen) atoms. The average Bonchev–Trinajstić information content (AvgIpc) is 2.64. The largest absolute Gasteiger partial charge is 0.494 e. The Kier molecular flexibility index (Phi) is 8.00. The molecule has 0 bridgehead atoms. The van der Waals surface area contributed by atoms with E-state index in [0.29, 0.717) is 18.7 Å². The molecule has 0 saturated heterocycles. The molecule has 2 aromatic carbocycles. The lowest BCUT2D eigenvalue weighted by Crippen LogP contribution is -2.24. The third kappa shape index (κ3) is 6.79. The van der Waals surface area contributed by atoms with Crippen molar-refractivity contribution in [1.82, 2.24) is 5.32 Å². The summed E-state index contributed by atoms with van der Waals surface area (Å²) in [7, 11) is 0. The zero-order valence-electron chi connectivity index (χ0n) is 16.0. The van der Waals surface area contributed by atoms with Crippen LogP contribution in [0.4, 0.5) is 0 Å². The fourth-order valence-corrected chi connectivity index (χ4v) is 2.53. The zero-order valence-corrected chi connectivity index (χ0v) is 16.0. The van der Waals surface area contributed by atoms with Crippen molar-refractivity contribution in [2.24, 2.45) is 0 Å². The molecule has 0 unspecified atom stereocenters. The number of ether oxygens (including phenoxy) is 2. The van der Waals surface area contributed by atoms with Crippen LogP contribution in [0.2, 0.25) is 0 Å². The van der Waals surface area contributed by atoms with Gasteiger partial charge in [0.15, 0.2) is 0 Å². The minimum Gasteiger partial charge on any atom is -0.494 e. The molecule has 0 atom stereocenters. The standard InChI is InChI=1S/C22H29NO3/c1-4-16-25-20-13-9-19(10-14-20)22(24)23-15-5-6-18-7-11-21(12-8-18)26-17(2)3/h7-14,17H,4-6,15-16H2,1-3H3,(H,23,24). The predicted molar refractivity (Wildman–Crippen MR) is 105 cm³/mol. The van der Waals surface area contributed by atoms with Crippen LogP contribution in [-0.2, 0) is 6.42 Å². The van der Waals surface area contributed by atoms with Gasteiger partial charge in [0, 0.05) is 12.1 Å². The highest BCUT2D eigenvalue weighted by Crippen LogP contribution is 2.15. The van der Waals surface area contributed by atoms with E-state index in [1.165, 1.54) is 5.56 Å². The summed E-state index contributed by atoms with van der Waals surface area (Å²) in [6.45, 7) is 7.44. The molecule has 1 N–H and O–H groups in total. The molecule has 2 rings (SSSR count). The van der Waals surface area contributed by atoms with Crippen molar-refractivity contribution in [3.63, 3.8) is 0 Å². The van der Waals surface area contributed by atoms with Gasteiger partial charge in [-0.05, 0) is 75.1 Å². The van der Waals surface area contributed by atoms with Crippen LogP contribution in [0.1, 0.15) is 49.5 Å². The van der Waals surface area contributed by atoms with Gasteiger partial charge in [-0.3, -0.25) is 4.79 Å². The first-order valence-electron chi connectivity index (χ1n) is 9.35. The zero-order chi connectivity index (χ0) is 18.8. The molecule has 2 aromatic rings. The van der Waals surface area contributed by atoms with Gasteiger partial charge in [0.05, 0.1) is 12.7 Å². The lowest BCUT2D eigenvalue weighted by Gasteiger charge is -2.10. The van der Waals surface area contributed by atoms with Crippen LogP contribution in [0.15, 0.2) is 48.5 Å². The van der Waals surface area contributed by atoms with Gasteiger partial charge in [-0.25, -0.2) is 0 Å². The van der Waals surface area contributed by atoms with Gasteiger partial charge >= 0.3 is 0 Å². The number of rotatable bonds is 10. The molecule has 0 fully saturated rings. The second-order valence-corrected chi connectivity index (χ2v) is 6.54. The smallest absolute Gasteiger partial charge is 0.251 e. The highest BCUT2D eigenvalue weighted by atomic mass is 16.5. The molecule has 0 aliphatic heterocycles. The monoisotopic (exact) mass is 355 g/mol. The number of hydrogen-bond donors (Lipinski definition) is 1. The normalized spacial score (nSPS) is 10.6. The summed E-state index contributed by atoms with van der Waals surface area (Å²) in [6, 6.07) is 15.4. The molecule has 0 aliphatic carbocycles. The van der Waals surface area contributed by atoms with Crippen LogP contribution >= 0.6 is 0 Å². The van der Waals surface area contributed by atoms with E-state index in [2.05, 4.69) is 24.4 Å². The van der Waals surface area contributed by atoms with Crippen LogP contribution in [0.5, 0.6) is 11.5 Å². The summed E-state index contributed by atoms with van der Waals surface area (Å²) in [6.07, 6.45) is 2.97. The van der Waals surface area contributed by atoms with Crippen molar-refractivity contribution < 1.29 is 14.3 Å². The second-order valence-electron chi connectivity index (χ2n) is 6.54. The second kappa shape index (κ2) is 10.5. The van der Waals surface area contributed by atoms with Crippen LogP contribution in [0.3, 0.4) is 0 Å². The maximum absolute atomic E-state index is 12.2. The Morgan fingerprint density at radius 2 is 1.65 bits per heavy atom. The Morgan fingerprint density at radius 1 is 1.00 bits per heavy atom. The van der Waals surface area contributed by atoms with Crippen LogP contribution < -0.4 is 14.8 Å². The Bertz CT molecular complexity index is 663. The van der Waals surface area contributed by atoms with Crippen molar-refractivity contribution in [3.05, 3.63) is 59.7 Å². The van der Waals surface area contributed by atoms with Gasteiger partial charge in [0.25, 0.3) is 5.91 Å². The van der Waals surface area contributed by atoms with E-state index in [9.17, 15) is 4.79 Å². The first-order chi connectivity index (χ1) is 12.6. The molecular formula is C22H29NO3. The molecule has 1 amide bonds. The number of nitrogens with one attached hydrogen (secondary N) is 1. The Hall–Kier alpha value is -2.49. The fraction of sp³-hybridized carbons (Fsp3) is 0.409. The predicted octanol–water partition coefficient (Wildman–Crippen LogP) is 4.63. The topological polar surface area (TPSA) is 47.6 Å². The molecule has 0 radical (unpaired) electrons. The molecule has 0 aromatic heterocycles. The van der Waals surface area contributed by atoms with E-state index in [4.69, 9.17) is 9.47 Å². The van der Waals surface area contributed by atoms with Gasteiger partial charge in [0.1, 0.15) is 11.5 Å².